The highest BCUT2D eigenvalue weighted by Gasteiger charge is 2.35. The lowest BCUT2D eigenvalue weighted by Crippen LogP contribution is -2.24. The van der Waals surface area contributed by atoms with Gasteiger partial charge in [0, 0.05) is 20.5 Å². The zero-order valence-corrected chi connectivity index (χ0v) is 13.3. The van der Waals surface area contributed by atoms with Crippen molar-refractivity contribution in [3.05, 3.63) is 12.5 Å². The third-order valence-electron chi connectivity index (χ3n) is 3.94. The molecule has 23 heavy (non-hydrogen) atoms. The van der Waals surface area contributed by atoms with Crippen molar-refractivity contribution in [1.29, 1.82) is 0 Å². The normalized spacial score (nSPS) is 25.3. The van der Waals surface area contributed by atoms with E-state index in [2.05, 4.69) is 20.1 Å². The van der Waals surface area contributed by atoms with E-state index in [1.54, 1.807) is 10.9 Å². The van der Waals surface area contributed by atoms with Crippen molar-refractivity contribution < 1.29 is 14.9 Å². The molecule has 0 aromatic carbocycles. The average Bonchev–Trinajstić information content (AvgIpc) is 3.10. The van der Waals surface area contributed by atoms with Crippen molar-refractivity contribution in [3.63, 3.8) is 0 Å². The van der Waals surface area contributed by atoms with E-state index < -0.39 is 18.4 Å². The van der Waals surface area contributed by atoms with E-state index in [-0.39, 0.29) is 6.61 Å². The van der Waals surface area contributed by atoms with Crippen LogP contribution < -0.4 is 0 Å². The number of aromatic nitrogens is 4. The number of rotatable bonds is 3. The highest BCUT2D eigenvalue weighted by Crippen LogP contribution is 2.31. The van der Waals surface area contributed by atoms with Crippen LogP contribution in [-0.2, 0) is 4.74 Å². The highest BCUT2D eigenvalue weighted by atomic mass is 16.5. The maximum Gasteiger partial charge on any atom is 0.168 e. The molecule has 9 heteroatoms. The third kappa shape index (κ3) is 2.90. The molecule has 3 atom stereocenters. The smallest absolute Gasteiger partial charge is 0.168 e. The van der Waals surface area contributed by atoms with Gasteiger partial charge in [-0.25, -0.2) is 19.6 Å². The number of hydrogen-bond acceptors (Lipinski definition) is 7. The average molecular weight is 320 g/mol. The Hall–Kier alpha value is -2.10. The molecule has 0 amide bonds. The zero-order valence-electron chi connectivity index (χ0n) is 13.3. The summed E-state index contributed by atoms with van der Waals surface area (Å²) in [6.45, 7) is 1.66. The number of fused-ring (bicyclic) bond motifs is 1. The number of hydrogen-bond donors (Lipinski definition) is 2. The monoisotopic (exact) mass is 320 g/mol. The van der Waals surface area contributed by atoms with Gasteiger partial charge in [0.2, 0.25) is 0 Å². The summed E-state index contributed by atoms with van der Waals surface area (Å²) in [5.41, 5.74) is 0.584. The van der Waals surface area contributed by atoms with Crippen LogP contribution in [0.5, 0.6) is 0 Å². The molecule has 1 aliphatic rings. The Bertz CT molecular complexity index is 728. The van der Waals surface area contributed by atoms with E-state index in [0.717, 1.165) is 5.84 Å². The lowest BCUT2D eigenvalue weighted by atomic mass is 10.2. The molecule has 0 aliphatic carbocycles. The Balaban J connectivity index is 1.98. The second-order valence-corrected chi connectivity index (χ2v) is 5.69. The van der Waals surface area contributed by atoms with Crippen molar-refractivity contribution in [3.8, 4) is 0 Å². The summed E-state index contributed by atoms with van der Waals surface area (Å²) < 4.78 is 7.23. The quantitative estimate of drug-likeness (QED) is 0.609. The van der Waals surface area contributed by atoms with Gasteiger partial charge in [-0.3, -0.25) is 0 Å². The lowest BCUT2D eigenvalue weighted by molar-refractivity contribution is -0.0470. The van der Waals surface area contributed by atoms with Crippen LogP contribution in [0.1, 0.15) is 19.6 Å². The van der Waals surface area contributed by atoms with Gasteiger partial charge in [0.25, 0.3) is 0 Å². The van der Waals surface area contributed by atoms with Gasteiger partial charge < -0.3 is 19.8 Å². The van der Waals surface area contributed by atoms with Gasteiger partial charge in [-0.15, -0.1) is 0 Å². The van der Waals surface area contributed by atoms with Crippen LogP contribution in [0.2, 0.25) is 0 Å². The minimum absolute atomic E-state index is 0.233. The van der Waals surface area contributed by atoms with E-state index in [1.807, 2.05) is 25.9 Å². The number of aliphatic hydroxyl groups is 2. The van der Waals surface area contributed by atoms with E-state index >= 15 is 0 Å². The SMILES string of the molecule is CC(=Nc1ncnc2c1cnn2[C@H]1C[C@H](O)[C@@H](CO)O1)N(C)C. The van der Waals surface area contributed by atoms with Crippen LogP contribution in [0.3, 0.4) is 0 Å². The Morgan fingerprint density at radius 1 is 1.48 bits per heavy atom. The summed E-state index contributed by atoms with van der Waals surface area (Å²) in [5.74, 6) is 1.34. The van der Waals surface area contributed by atoms with Gasteiger partial charge in [-0.1, -0.05) is 0 Å². The predicted molar refractivity (Wildman–Crippen MR) is 83.4 cm³/mol. The first-order chi connectivity index (χ1) is 11.0. The molecule has 124 valence electrons. The van der Waals surface area contributed by atoms with E-state index in [4.69, 9.17) is 4.74 Å². The third-order valence-corrected chi connectivity index (χ3v) is 3.94. The number of amidine groups is 1. The molecule has 2 aromatic heterocycles. The topological polar surface area (TPSA) is 109 Å². The van der Waals surface area contributed by atoms with Gasteiger partial charge in [0.05, 0.1) is 24.3 Å². The Morgan fingerprint density at radius 2 is 2.26 bits per heavy atom. The maximum atomic E-state index is 9.88. The van der Waals surface area contributed by atoms with Crippen molar-refractivity contribution in [2.45, 2.75) is 31.8 Å². The molecular weight excluding hydrogens is 300 g/mol. The molecular formula is C14H20N6O3. The molecule has 3 heterocycles. The summed E-state index contributed by atoms with van der Waals surface area (Å²) >= 11 is 0. The molecule has 1 saturated heterocycles. The summed E-state index contributed by atoms with van der Waals surface area (Å²) in [6.07, 6.45) is 1.62. The van der Waals surface area contributed by atoms with E-state index in [0.29, 0.717) is 23.3 Å². The van der Waals surface area contributed by atoms with Crippen LogP contribution >= 0.6 is 0 Å². The summed E-state index contributed by atoms with van der Waals surface area (Å²) in [4.78, 5) is 14.8. The fourth-order valence-corrected chi connectivity index (χ4v) is 2.43. The second-order valence-electron chi connectivity index (χ2n) is 5.69. The van der Waals surface area contributed by atoms with Gasteiger partial charge >= 0.3 is 0 Å². The summed E-state index contributed by atoms with van der Waals surface area (Å²) in [6, 6.07) is 0. The number of ether oxygens (including phenoxy) is 1. The highest BCUT2D eigenvalue weighted by molar-refractivity contribution is 5.90. The largest absolute Gasteiger partial charge is 0.394 e. The number of aliphatic hydroxyl groups excluding tert-OH is 2. The Labute approximate surface area is 133 Å². The predicted octanol–water partition coefficient (Wildman–Crippen LogP) is 0.0785. The lowest BCUT2D eigenvalue weighted by Gasteiger charge is -2.13. The number of nitrogens with zero attached hydrogens (tertiary/aromatic N) is 6. The molecule has 9 nitrogen and oxygen atoms in total. The molecule has 0 spiro atoms. The van der Waals surface area contributed by atoms with Crippen molar-refractivity contribution in [2.75, 3.05) is 20.7 Å². The Kier molecular flexibility index (Phi) is 4.24. The van der Waals surface area contributed by atoms with Crippen LogP contribution in [-0.4, -0.2) is 73.6 Å². The van der Waals surface area contributed by atoms with Crippen molar-refractivity contribution in [2.24, 2.45) is 4.99 Å². The summed E-state index contributed by atoms with van der Waals surface area (Å²) in [7, 11) is 3.81. The molecule has 0 saturated carbocycles. The molecule has 0 bridgehead atoms. The molecule has 0 unspecified atom stereocenters. The van der Waals surface area contributed by atoms with Gasteiger partial charge in [0.15, 0.2) is 17.7 Å². The molecule has 1 aliphatic heterocycles. The molecule has 3 rings (SSSR count). The number of aliphatic imine (C=N–C) groups is 1. The summed E-state index contributed by atoms with van der Waals surface area (Å²) in [5, 5.41) is 24.1. The first-order valence-electron chi connectivity index (χ1n) is 7.36. The molecule has 2 N–H and O–H groups in total. The first kappa shape index (κ1) is 15.8. The van der Waals surface area contributed by atoms with Gasteiger partial charge in [-0.05, 0) is 6.92 Å². The molecule has 0 radical (unpaired) electrons. The standard InChI is InChI=1S/C14H20N6O3/c1-8(19(2)3)18-13-9-5-17-20(14(9)16-7-15-13)12-4-10(22)11(6-21)23-12/h5,7,10-12,21-22H,4,6H2,1-3H3/t10-,11+,12+/m0/s1. The maximum absolute atomic E-state index is 9.88. The van der Waals surface area contributed by atoms with Crippen LogP contribution in [0.25, 0.3) is 11.0 Å². The molecule has 1 fully saturated rings. The Morgan fingerprint density at radius 3 is 2.91 bits per heavy atom. The van der Waals surface area contributed by atoms with E-state index in [1.165, 1.54) is 6.33 Å². The van der Waals surface area contributed by atoms with Gasteiger partial charge in [0.1, 0.15) is 18.3 Å². The zero-order chi connectivity index (χ0) is 16.6. The molecule has 2 aromatic rings. The second kappa shape index (κ2) is 6.19. The minimum Gasteiger partial charge on any atom is -0.394 e. The fourth-order valence-electron chi connectivity index (χ4n) is 2.43. The first-order valence-corrected chi connectivity index (χ1v) is 7.36. The van der Waals surface area contributed by atoms with Gasteiger partial charge in [-0.2, -0.15) is 5.10 Å². The minimum atomic E-state index is -0.723. The van der Waals surface area contributed by atoms with E-state index in [9.17, 15) is 10.2 Å². The van der Waals surface area contributed by atoms with Crippen LogP contribution in [0.4, 0.5) is 5.82 Å². The fraction of sp³-hybridized carbons (Fsp3) is 0.571. The van der Waals surface area contributed by atoms with Crippen molar-refractivity contribution in [1.82, 2.24) is 24.6 Å². The van der Waals surface area contributed by atoms with Crippen LogP contribution in [0, 0.1) is 0 Å². The van der Waals surface area contributed by atoms with Crippen LogP contribution in [0.15, 0.2) is 17.5 Å². The van der Waals surface area contributed by atoms with Crippen molar-refractivity contribution >= 4 is 22.7 Å².